The number of hydrogen-bond acceptors (Lipinski definition) is 3. The summed E-state index contributed by atoms with van der Waals surface area (Å²) in [5, 5.41) is 25.6. The molecule has 0 heterocycles. The number of phenols is 2. The average Bonchev–Trinajstić information content (AvgIpc) is 2.44. The lowest BCUT2D eigenvalue weighted by Crippen LogP contribution is -2.06. The molecule has 3 aromatic carbocycles. The van der Waals surface area contributed by atoms with Gasteiger partial charge in [-0.05, 0) is 6.07 Å². The van der Waals surface area contributed by atoms with Crippen molar-refractivity contribution in [2.75, 3.05) is 5.32 Å². The van der Waals surface area contributed by atoms with E-state index in [1.807, 2.05) is 0 Å². The van der Waals surface area contributed by atoms with Crippen LogP contribution in [0.5, 0.6) is 11.5 Å². The van der Waals surface area contributed by atoms with Gasteiger partial charge in [-0.15, -0.1) is 0 Å². The van der Waals surface area contributed by atoms with E-state index >= 15 is 0 Å². The third-order valence-electron chi connectivity index (χ3n) is 3.30. The number of carbonyl (C=O) groups excluding carboxylic acids is 1. The topological polar surface area (TPSA) is 69.6 Å². The summed E-state index contributed by atoms with van der Waals surface area (Å²) in [7, 11) is 0. The first-order valence-electron chi connectivity index (χ1n) is 6.22. The van der Waals surface area contributed by atoms with Crippen molar-refractivity contribution in [3.8, 4) is 11.5 Å². The smallest absolute Gasteiger partial charge is 0.221 e. The maximum Gasteiger partial charge on any atom is 0.221 e. The molecule has 4 heteroatoms. The van der Waals surface area contributed by atoms with Crippen LogP contribution in [0, 0.1) is 0 Å². The molecule has 0 unspecified atom stereocenters. The summed E-state index contributed by atoms with van der Waals surface area (Å²) in [4.78, 5) is 11.3. The molecule has 0 fully saturated rings. The number of benzene rings is 3. The van der Waals surface area contributed by atoms with Gasteiger partial charge in [0.1, 0.15) is 11.5 Å². The Balaban J connectivity index is 2.49. The fourth-order valence-corrected chi connectivity index (χ4v) is 2.47. The first-order chi connectivity index (χ1) is 9.59. The number of amides is 1. The predicted molar refractivity (Wildman–Crippen MR) is 79.1 cm³/mol. The lowest BCUT2D eigenvalue weighted by atomic mass is 9.99. The second kappa shape index (κ2) is 4.42. The molecular formula is C16H13NO3. The minimum absolute atomic E-state index is 0.0535. The SMILES string of the molecule is CC(=O)Nc1cccc2c(O)c3ccccc3c(O)c12. The fourth-order valence-electron chi connectivity index (χ4n) is 2.47. The Morgan fingerprint density at radius 2 is 1.50 bits per heavy atom. The molecule has 0 atom stereocenters. The third kappa shape index (κ3) is 1.73. The van der Waals surface area contributed by atoms with Crippen LogP contribution in [0.15, 0.2) is 42.5 Å². The highest BCUT2D eigenvalue weighted by Gasteiger charge is 2.15. The second-order valence-electron chi connectivity index (χ2n) is 4.65. The van der Waals surface area contributed by atoms with E-state index in [9.17, 15) is 15.0 Å². The van der Waals surface area contributed by atoms with E-state index in [4.69, 9.17) is 0 Å². The van der Waals surface area contributed by atoms with E-state index in [0.29, 0.717) is 27.2 Å². The zero-order valence-corrected chi connectivity index (χ0v) is 10.8. The highest BCUT2D eigenvalue weighted by Crippen LogP contribution is 2.44. The molecule has 0 aliphatic carbocycles. The van der Waals surface area contributed by atoms with Crippen LogP contribution in [-0.4, -0.2) is 16.1 Å². The van der Waals surface area contributed by atoms with E-state index in [2.05, 4.69) is 5.32 Å². The van der Waals surface area contributed by atoms with Crippen LogP contribution in [0.25, 0.3) is 21.5 Å². The van der Waals surface area contributed by atoms with Gasteiger partial charge in [-0.3, -0.25) is 4.79 Å². The number of nitrogens with one attached hydrogen (secondary N) is 1. The Morgan fingerprint density at radius 3 is 2.15 bits per heavy atom. The average molecular weight is 267 g/mol. The normalized spacial score (nSPS) is 10.8. The summed E-state index contributed by atoms with van der Waals surface area (Å²) in [5.41, 5.74) is 0.480. The first-order valence-corrected chi connectivity index (χ1v) is 6.22. The Morgan fingerprint density at radius 1 is 0.900 bits per heavy atom. The van der Waals surface area contributed by atoms with Crippen LogP contribution in [-0.2, 0) is 4.79 Å². The Hall–Kier alpha value is -2.75. The van der Waals surface area contributed by atoms with Gasteiger partial charge >= 0.3 is 0 Å². The quantitative estimate of drug-likeness (QED) is 0.467. The minimum Gasteiger partial charge on any atom is -0.507 e. The lowest BCUT2D eigenvalue weighted by molar-refractivity contribution is -0.114. The van der Waals surface area contributed by atoms with E-state index < -0.39 is 0 Å². The molecule has 4 nitrogen and oxygen atoms in total. The molecule has 0 aliphatic heterocycles. The van der Waals surface area contributed by atoms with Gasteiger partial charge in [0.2, 0.25) is 5.91 Å². The zero-order chi connectivity index (χ0) is 14.3. The number of carbonyl (C=O) groups is 1. The fraction of sp³-hybridized carbons (Fsp3) is 0.0625. The monoisotopic (exact) mass is 267 g/mol. The number of rotatable bonds is 1. The number of anilines is 1. The zero-order valence-electron chi connectivity index (χ0n) is 10.8. The van der Waals surface area contributed by atoms with Crippen molar-refractivity contribution in [1.29, 1.82) is 0 Å². The molecular weight excluding hydrogens is 254 g/mol. The minimum atomic E-state index is -0.232. The van der Waals surface area contributed by atoms with Crippen molar-refractivity contribution in [3.63, 3.8) is 0 Å². The van der Waals surface area contributed by atoms with Gasteiger partial charge in [0, 0.05) is 23.1 Å². The van der Waals surface area contributed by atoms with Crippen molar-refractivity contribution in [3.05, 3.63) is 42.5 Å². The highest BCUT2D eigenvalue weighted by atomic mass is 16.3. The molecule has 0 spiro atoms. The van der Waals surface area contributed by atoms with Gasteiger partial charge in [0.05, 0.1) is 11.1 Å². The van der Waals surface area contributed by atoms with Crippen LogP contribution >= 0.6 is 0 Å². The summed E-state index contributed by atoms with van der Waals surface area (Å²) in [5.74, 6) is -0.0806. The van der Waals surface area contributed by atoms with Crippen LogP contribution in [0.3, 0.4) is 0 Å². The molecule has 20 heavy (non-hydrogen) atoms. The number of phenolic OH excluding ortho intramolecular Hbond substituents is 2. The van der Waals surface area contributed by atoms with Crippen LogP contribution in [0.2, 0.25) is 0 Å². The molecule has 100 valence electrons. The Kier molecular flexibility index (Phi) is 2.71. The van der Waals surface area contributed by atoms with Gasteiger partial charge in [-0.2, -0.15) is 0 Å². The largest absolute Gasteiger partial charge is 0.507 e. The van der Waals surface area contributed by atoms with Crippen LogP contribution in [0.4, 0.5) is 5.69 Å². The molecule has 3 rings (SSSR count). The van der Waals surface area contributed by atoms with E-state index in [0.717, 1.165) is 0 Å². The summed E-state index contributed by atoms with van der Waals surface area (Å²) in [6, 6.07) is 12.2. The summed E-state index contributed by atoms with van der Waals surface area (Å²) in [6.45, 7) is 1.40. The standard InChI is InChI=1S/C16H13NO3/c1-9(18)17-13-8-4-7-12-14(13)16(20)11-6-3-2-5-10(11)15(12)19/h2-8,19-20H,1H3,(H,17,18). The first kappa shape index (κ1) is 12.3. The molecule has 1 amide bonds. The van der Waals surface area contributed by atoms with Gasteiger partial charge in [-0.25, -0.2) is 0 Å². The summed E-state index contributed by atoms with van der Waals surface area (Å²) >= 11 is 0. The third-order valence-corrected chi connectivity index (χ3v) is 3.30. The molecule has 0 bridgehead atoms. The van der Waals surface area contributed by atoms with Gasteiger partial charge in [0.15, 0.2) is 0 Å². The van der Waals surface area contributed by atoms with Crippen molar-refractivity contribution >= 4 is 33.1 Å². The highest BCUT2D eigenvalue weighted by molar-refractivity contribution is 6.16. The molecule has 0 aromatic heterocycles. The predicted octanol–water partition coefficient (Wildman–Crippen LogP) is 3.36. The van der Waals surface area contributed by atoms with Crippen molar-refractivity contribution < 1.29 is 15.0 Å². The Bertz CT molecular complexity index is 840. The van der Waals surface area contributed by atoms with Gasteiger partial charge in [-0.1, -0.05) is 36.4 Å². The van der Waals surface area contributed by atoms with E-state index in [1.54, 1.807) is 42.5 Å². The van der Waals surface area contributed by atoms with Gasteiger partial charge in [0.25, 0.3) is 0 Å². The molecule has 0 saturated heterocycles. The molecule has 0 saturated carbocycles. The second-order valence-corrected chi connectivity index (χ2v) is 4.65. The molecule has 3 aromatic rings. The maximum absolute atomic E-state index is 11.3. The molecule has 0 aliphatic rings. The number of aromatic hydroxyl groups is 2. The van der Waals surface area contributed by atoms with Crippen LogP contribution in [0.1, 0.15) is 6.92 Å². The number of hydrogen-bond donors (Lipinski definition) is 3. The summed E-state index contributed by atoms with van der Waals surface area (Å²) < 4.78 is 0. The summed E-state index contributed by atoms with van der Waals surface area (Å²) in [6.07, 6.45) is 0. The van der Waals surface area contributed by atoms with E-state index in [1.165, 1.54) is 6.92 Å². The van der Waals surface area contributed by atoms with Crippen molar-refractivity contribution in [1.82, 2.24) is 0 Å². The molecule has 0 radical (unpaired) electrons. The molecule has 3 N–H and O–H groups in total. The van der Waals surface area contributed by atoms with Gasteiger partial charge < -0.3 is 15.5 Å². The number of fused-ring (bicyclic) bond motifs is 2. The van der Waals surface area contributed by atoms with Crippen molar-refractivity contribution in [2.24, 2.45) is 0 Å². The lowest BCUT2D eigenvalue weighted by Gasteiger charge is -2.13. The van der Waals surface area contributed by atoms with Crippen molar-refractivity contribution in [2.45, 2.75) is 6.92 Å². The van der Waals surface area contributed by atoms with Crippen LogP contribution < -0.4 is 5.32 Å². The maximum atomic E-state index is 11.3. The Labute approximate surface area is 115 Å². The van der Waals surface area contributed by atoms with E-state index in [-0.39, 0.29) is 17.4 Å².